The van der Waals surface area contributed by atoms with Crippen molar-refractivity contribution >= 4 is 23.4 Å². The number of rotatable bonds is 7. The van der Waals surface area contributed by atoms with Crippen LogP contribution in [-0.4, -0.2) is 35.8 Å². The zero-order chi connectivity index (χ0) is 21.0. The van der Waals surface area contributed by atoms with Gasteiger partial charge in [-0.05, 0) is 43.2 Å². The number of aryl methyl sites for hydroxylation is 1. The zero-order valence-electron chi connectivity index (χ0n) is 17.1. The quantitative estimate of drug-likeness (QED) is 0.675. The summed E-state index contributed by atoms with van der Waals surface area (Å²) in [5.41, 5.74) is 2.54. The van der Waals surface area contributed by atoms with Crippen LogP contribution in [0.3, 0.4) is 0 Å². The summed E-state index contributed by atoms with van der Waals surface area (Å²) in [5.74, 6) is -0.139. The standard InChI is InChI=1S/C23H26N2O4/c1-4-5-21(26)24(15-17-8-6-16(2)7-9-17)20-14-22(27)25(23(20)28)18-10-12-19(29-3)13-11-18/h6-13,20H,4-5,14-15H2,1-3H3. The molecule has 1 atom stereocenters. The van der Waals surface area contributed by atoms with Crippen molar-refractivity contribution in [2.24, 2.45) is 0 Å². The Morgan fingerprint density at radius 3 is 2.34 bits per heavy atom. The summed E-state index contributed by atoms with van der Waals surface area (Å²) < 4.78 is 5.14. The Bertz CT molecular complexity index is 890. The monoisotopic (exact) mass is 394 g/mol. The van der Waals surface area contributed by atoms with Gasteiger partial charge in [0, 0.05) is 13.0 Å². The van der Waals surface area contributed by atoms with E-state index >= 15 is 0 Å². The summed E-state index contributed by atoms with van der Waals surface area (Å²) in [6.07, 6.45) is 1.01. The number of anilines is 1. The van der Waals surface area contributed by atoms with E-state index in [1.807, 2.05) is 38.1 Å². The van der Waals surface area contributed by atoms with E-state index in [2.05, 4.69) is 0 Å². The lowest BCUT2D eigenvalue weighted by atomic mass is 10.1. The normalized spacial score (nSPS) is 16.2. The minimum Gasteiger partial charge on any atom is -0.497 e. The lowest BCUT2D eigenvalue weighted by Gasteiger charge is -2.28. The predicted molar refractivity (Wildman–Crippen MR) is 111 cm³/mol. The highest BCUT2D eigenvalue weighted by molar-refractivity contribution is 6.23. The first-order valence-electron chi connectivity index (χ1n) is 9.80. The number of amides is 3. The average molecular weight is 394 g/mol. The van der Waals surface area contributed by atoms with E-state index in [0.29, 0.717) is 30.8 Å². The number of imide groups is 1. The Morgan fingerprint density at radius 2 is 1.76 bits per heavy atom. The van der Waals surface area contributed by atoms with Crippen LogP contribution < -0.4 is 9.64 Å². The van der Waals surface area contributed by atoms with Gasteiger partial charge in [0.1, 0.15) is 11.8 Å². The molecule has 1 unspecified atom stereocenters. The van der Waals surface area contributed by atoms with Crippen LogP contribution >= 0.6 is 0 Å². The fraction of sp³-hybridized carbons (Fsp3) is 0.348. The number of hydrogen-bond donors (Lipinski definition) is 0. The number of benzene rings is 2. The highest BCUT2D eigenvalue weighted by Crippen LogP contribution is 2.28. The topological polar surface area (TPSA) is 66.9 Å². The molecule has 1 aliphatic heterocycles. The first-order valence-corrected chi connectivity index (χ1v) is 9.80. The molecule has 0 spiro atoms. The molecule has 29 heavy (non-hydrogen) atoms. The highest BCUT2D eigenvalue weighted by Gasteiger charge is 2.44. The number of hydrogen-bond acceptors (Lipinski definition) is 4. The van der Waals surface area contributed by atoms with E-state index in [1.54, 1.807) is 36.3 Å². The third-order valence-electron chi connectivity index (χ3n) is 5.09. The fourth-order valence-corrected chi connectivity index (χ4v) is 3.48. The number of carbonyl (C=O) groups is 3. The molecular formula is C23H26N2O4. The SMILES string of the molecule is CCCC(=O)N(Cc1ccc(C)cc1)C1CC(=O)N(c2ccc(OC)cc2)C1=O. The highest BCUT2D eigenvalue weighted by atomic mass is 16.5. The number of nitrogens with zero attached hydrogens (tertiary/aromatic N) is 2. The van der Waals surface area contributed by atoms with Gasteiger partial charge in [-0.25, -0.2) is 4.90 Å². The van der Waals surface area contributed by atoms with Crippen molar-refractivity contribution in [3.8, 4) is 5.75 Å². The third kappa shape index (κ3) is 4.47. The van der Waals surface area contributed by atoms with E-state index in [1.165, 1.54) is 4.90 Å². The molecule has 2 aromatic rings. The first kappa shape index (κ1) is 20.6. The van der Waals surface area contributed by atoms with Gasteiger partial charge in [0.05, 0.1) is 19.2 Å². The molecule has 6 heteroatoms. The molecule has 0 N–H and O–H groups in total. The van der Waals surface area contributed by atoms with E-state index < -0.39 is 6.04 Å². The molecule has 1 aliphatic rings. The Labute approximate surface area is 171 Å². The third-order valence-corrected chi connectivity index (χ3v) is 5.09. The molecule has 0 radical (unpaired) electrons. The lowest BCUT2D eigenvalue weighted by Crippen LogP contribution is -2.45. The Hall–Kier alpha value is -3.15. The minimum absolute atomic E-state index is 0.00776. The van der Waals surface area contributed by atoms with Gasteiger partial charge >= 0.3 is 0 Å². The molecule has 3 rings (SSSR count). The molecule has 0 saturated carbocycles. The second kappa shape index (κ2) is 8.90. The Morgan fingerprint density at radius 1 is 1.10 bits per heavy atom. The van der Waals surface area contributed by atoms with Crippen LogP contribution in [0.5, 0.6) is 5.75 Å². The summed E-state index contributed by atoms with van der Waals surface area (Å²) in [6, 6.07) is 13.8. The summed E-state index contributed by atoms with van der Waals surface area (Å²) in [7, 11) is 1.56. The van der Waals surface area contributed by atoms with Crippen molar-refractivity contribution in [3.63, 3.8) is 0 Å². The second-order valence-corrected chi connectivity index (χ2v) is 7.24. The van der Waals surface area contributed by atoms with Gasteiger partial charge in [-0.3, -0.25) is 14.4 Å². The molecule has 1 fully saturated rings. The number of ether oxygens (including phenoxy) is 1. The van der Waals surface area contributed by atoms with Crippen LogP contribution in [0.2, 0.25) is 0 Å². The molecule has 3 amide bonds. The molecule has 1 saturated heterocycles. The smallest absolute Gasteiger partial charge is 0.257 e. The van der Waals surface area contributed by atoms with E-state index in [4.69, 9.17) is 4.74 Å². The Kier molecular flexibility index (Phi) is 6.32. The minimum atomic E-state index is -0.787. The summed E-state index contributed by atoms with van der Waals surface area (Å²) in [5, 5.41) is 0. The molecular weight excluding hydrogens is 368 g/mol. The van der Waals surface area contributed by atoms with Crippen molar-refractivity contribution < 1.29 is 19.1 Å². The first-order chi connectivity index (χ1) is 13.9. The van der Waals surface area contributed by atoms with Crippen molar-refractivity contribution in [2.45, 2.75) is 45.7 Å². The average Bonchev–Trinajstić information content (AvgIpc) is 3.01. The second-order valence-electron chi connectivity index (χ2n) is 7.24. The van der Waals surface area contributed by atoms with Gasteiger partial charge in [-0.15, -0.1) is 0 Å². The maximum Gasteiger partial charge on any atom is 0.257 e. The van der Waals surface area contributed by atoms with Crippen LogP contribution in [0.25, 0.3) is 0 Å². The maximum absolute atomic E-state index is 13.1. The fourth-order valence-electron chi connectivity index (χ4n) is 3.48. The maximum atomic E-state index is 13.1. The van der Waals surface area contributed by atoms with Gasteiger partial charge in [0.15, 0.2) is 0 Å². The van der Waals surface area contributed by atoms with Crippen LogP contribution in [0.4, 0.5) is 5.69 Å². The van der Waals surface area contributed by atoms with Crippen LogP contribution in [0.15, 0.2) is 48.5 Å². The predicted octanol–water partition coefficient (Wildman–Crippen LogP) is 3.46. The molecule has 0 bridgehead atoms. The summed E-state index contributed by atoms with van der Waals surface area (Å²) in [6.45, 7) is 4.22. The van der Waals surface area contributed by atoms with Gasteiger partial charge in [0.25, 0.3) is 5.91 Å². The van der Waals surface area contributed by atoms with Gasteiger partial charge in [-0.2, -0.15) is 0 Å². The van der Waals surface area contributed by atoms with Crippen molar-refractivity contribution in [1.29, 1.82) is 0 Å². The van der Waals surface area contributed by atoms with Crippen LogP contribution in [0.1, 0.15) is 37.3 Å². The van der Waals surface area contributed by atoms with E-state index in [9.17, 15) is 14.4 Å². The molecule has 1 heterocycles. The van der Waals surface area contributed by atoms with Gasteiger partial charge < -0.3 is 9.64 Å². The van der Waals surface area contributed by atoms with Crippen molar-refractivity contribution in [2.75, 3.05) is 12.0 Å². The summed E-state index contributed by atoms with van der Waals surface area (Å²) in [4.78, 5) is 41.3. The molecule has 0 aliphatic carbocycles. The lowest BCUT2D eigenvalue weighted by molar-refractivity contribution is -0.139. The molecule has 6 nitrogen and oxygen atoms in total. The van der Waals surface area contributed by atoms with E-state index in [-0.39, 0.29) is 24.1 Å². The largest absolute Gasteiger partial charge is 0.497 e. The summed E-state index contributed by atoms with van der Waals surface area (Å²) >= 11 is 0. The molecule has 152 valence electrons. The van der Waals surface area contributed by atoms with Gasteiger partial charge in [-0.1, -0.05) is 36.8 Å². The number of carbonyl (C=O) groups excluding carboxylic acids is 3. The Balaban J connectivity index is 1.86. The molecule has 0 aromatic heterocycles. The van der Waals surface area contributed by atoms with Crippen LogP contribution in [0, 0.1) is 6.92 Å². The zero-order valence-corrected chi connectivity index (χ0v) is 17.1. The van der Waals surface area contributed by atoms with E-state index in [0.717, 1.165) is 11.1 Å². The number of methoxy groups -OCH3 is 1. The van der Waals surface area contributed by atoms with Gasteiger partial charge in [0.2, 0.25) is 11.8 Å². The van der Waals surface area contributed by atoms with Crippen molar-refractivity contribution in [3.05, 3.63) is 59.7 Å². The van der Waals surface area contributed by atoms with Crippen LogP contribution in [-0.2, 0) is 20.9 Å². The van der Waals surface area contributed by atoms with Crippen molar-refractivity contribution in [1.82, 2.24) is 4.90 Å². The molecule has 2 aromatic carbocycles.